The molecule has 5 nitrogen and oxygen atoms in total. The van der Waals surface area contributed by atoms with Crippen LogP contribution in [0, 0.1) is 5.92 Å². The van der Waals surface area contributed by atoms with Gasteiger partial charge in [-0.05, 0) is 31.0 Å². The molecule has 1 aromatic carbocycles. The third-order valence-electron chi connectivity index (χ3n) is 6.66. The van der Waals surface area contributed by atoms with Gasteiger partial charge in [0, 0.05) is 12.0 Å². The number of carbonyl (C=O) groups excluding carboxylic acids is 3. The van der Waals surface area contributed by atoms with Crippen molar-refractivity contribution in [2.45, 2.75) is 110 Å². The van der Waals surface area contributed by atoms with Gasteiger partial charge in [0.1, 0.15) is 0 Å². The van der Waals surface area contributed by atoms with Crippen LogP contribution in [0.25, 0.3) is 0 Å². The van der Waals surface area contributed by atoms with Gasteiger partial charge in [-0.15, -0.1) is 0 Å². The van der Waals surface area contributed by atoms with Gasteiger partial charge in [0.15, 0.2) is 0 Å². The van der Waals surface area contributed by atoms with Crippen LogP contribution in [-0.2, 0) is 9.59 Å². The maximum Gasteiger partial charge on any atom is 0.248 e. The first-order valence-electron chi connectivity index (χ1n) is 13.5. The molecule has 188 valence electrons. The summed E-state index contributed by atoms with van der Waals surface area (Å²) >= 11 is 0. The van der Waals surface area contributed by atoms with Crippen LogP contribution in [0.1, 0.15) is 120 Å². The van der Waals surface area contributed by atoms with Gasteiger partial charge in [-0.3, -0.25) is 19.3 Å². The van der Waals surface area contributed by atoms with Crippen LogP contribution in [0.15, 0.2) is 36.4 Å². The quantitative estimate of drug-likeness (QED) is 0.142. The van der Waals surface area contributed by atoms with Crippen LogP contribution >= 0.6 is 0 Å². The SMILES string of the molecule is CCCCCCCCCCCCCCCC/C=C/C1CC(=O)N(c2cccc(C(N)=O)c2)C1=O. The largest absolute Gasteiger partial charge is 0.366 e. The van der Waals surface area contributed by atoms with Crippen molar-refractivity contribution in [2.24, 2.45) is 11.7 Å². The molecule has 0 spiro atoms. The maximum absolute atomic E-state index is 12.7. The third-order valence-corrected chi connectivity index (χ3v) is 6.66. The van der Waals surface area contributed by atoms with Crippen LogP contribution in [0.4, 0.5) is 5.69 Å². The number of primary amides is 1. The second-order valence-electron chi connectivity index (χ2n) is 9.61. The smallest absolute Gasteiger partial charge is 0.248 e. The normalized spacial score (nSPS) is 16.1. The van der Waals surface area contributed by atoms with E-state index < -0.39 is 11.8 Å². The number of unbranched alkanes of at least 4 members (excludes halogenated alkanes) is 14. The Morgan fingerprint density at radius 1 is 0.912 bits per heavy atom. The lowest BCUT2D eigenvalue weighted by Gasteiger charge is -2.15. The van der Waals surface area contributed by atoms with E-state index in [4.69, 9.17) is 5.73 Å². The molecule has 34 heavy (non-hydrogen) atoms. The lowest BCUT2D eigenvalue weighted by Crippen LogP contribution is -2.30. The van der Waals surface area contributed by atoms with Crippen LogP contribution in [0.5, 0.6) is 0 Å². The number of nitrogens with two attached hydrogens (primary N) is 1. The average Bonchev–Trinajstić information content (AvgIpc) is 3.11. The molecule has 1 unspecified atom stereocenters. The Morgan fingerprint density at radius 3 is 2.03 bits per heavy atom. The van der Waals surface area contributed by atoms with Gasteiger partial charge in [-0.25, -0.2) is 0 Å². The van der Waals surface area contributed by atoms with Gasteiger partial charge < -0.3 is 5.73 Å². The Morgan fingerprint density at radius 2 is 1.47 bits per heavy atom. The van der Waals surface area contributed by atoms with E-state index in [9.17, 15) is 14.4 Å². The zero-order chi connectivity index (χ0) is 24.6. The fraction of sp³-hybridized carbons (Fsp3) is 0.621. The van der Waals surface area contributed by atoms with E-state index in [1.807, 2.05) is 12.2 Å². The van der Waals surface area contributed by atoms with Crippen LogP contribution in [-0.4, -0.2) is 17.7 Å². The minimum absolute atomic E-state index is 0.175. The number of benzene rings is 1. The number of hydrogen-bond donors (Lipinski definition) is 1. The highest BCUT2D eigenvalue weighted by Gasteiger charge is 2.38. The second kappa shape index (κ2) is 16.2. The molecule has 0 radical (unpaired) electrons. The van der Waals surface area contributed by atoms with Crippen molar-refractivity contribution in [3.8, 4) is 0 Å². The van der Waals surface area contributed by atoms with Crippen LogP contribution in [0.2, 0.25) is 0 Å². The van der Waals surface area contributed by atoms with Gasteiger partial charge in [0.25, 0.3) is 0 Å². The van der Waals surface area contributed by atoms with Gasteiger partial charge in [-0.2, -0.15) is 0 Å². The molecule has 1 aliphatic heterocycles. The molecule has 1 fully saturated rings. The Kier molecular flexibility index (Phi) is 13.3. The standard InChI is InChI=1S/C29H44N2O3/c1-2-3-4-5-6-7-8-9-10-11-12-13-14-15-16-17-19-25-23-27(32)31(29(25)34)26-21-18-20-24(22-26)28(30)33/h17-22,25H,2-16,23H2,1H3,(H2,30,33)/b19-17+. The molecule has 0 saturated carbocycles. The number of anilines is 1. The van der Waals surface area contributed by atoms with Gasteiger partial charge >= 0.3 is 0 Å². The predicted molar refractivity (Wildman–Crippen MR) is 140 cm³/mol. The van der Waals surface area contributed by atoms with Gasteiger partial charge in [0.05, 0.1) is 11.6 Å². The van der Waals surface area contributed by atoms with E-state index >= 15 is 0 Å². The van der Waals surface area contributed by atoms with E-state index in [1.54, 1.807) is 18.2 Å². The summed E-state index contributed by atoms with van der Waals surface area (Å²) in [6, 6.07) is 6.36. The molecule has 1 heterocycles. The number of amides is 3. The summed E-state index contributed by atoms with van der Waals surface area (Å²) in [5.41, 5.74) is 6.01. The van der Waals surface area contributed by atoms with Crippen molar-refractivity contribution in [3.05, 3.63) is 42.0 Å². The van der Waals surface area contributed by atoms with Crippen molar-refractivity contribution >= 4 is 23.4 Å². The Labute approximate surface area is 206 Å². The number of nitrogens with zero attached hydrogens (tertiary/aromatic N) is 1. The molecule has 1 aromatic rings. The summed E-state index contributed by atoms with van der Waals surface area (Å²) in [5.74, 6) is -1.47. The first-order chi connectivity index (χ1) is 16.5. The monoisotopic (exact) mass is 468 g/mol. The highest BCUT2D eigenvalue weighted by atomic mass is 16.2. The van der Waals surface area contributed by atoms with Gasteiger partial charge in [-0.1, -0.05) is 109 Å². The summed E-state index contributed by atoms with van der Waals surface area (Å²) in [6.45, 7) is 2.27. The van der Waals surface area contributed by atoms with Crippen LogP contribution in [0.3, 0.4) is 0 Å². The zero-order valence-corrected chi connectivity index (χ0v) is 21.1. The summed E-state index contributed by atoms with van der Waals surface area (Å²) in [7, 11) is 0. The molecule has 1 aliphatic rings. The Balaban J connectivity index is 1.54. The highest BCUT2D eigenvalue weighted by molar-refractivity contribution is 6.21. The van der Waals surface area contributed by atoms with Crippen molar-refractivity contribution in [3.63, 3.8) is 0 Å². The van der Waals surface area contributed by atoms with E-state index in [1.165, 1.54) is 94.4 Å². The van der Waals surface area contributed by atoms with Crippen molar-refractivity contribution in [1.29, 1.82) is 0 Å². The number of hydrogen-bond acceptors (Lipinski definition) is 3. The Bertz CT molecular complexity index is 802. The minimum atomic E-state index is -0.578. The lowest BCUT2D eigenvalue weighted by atomic mass is 10.0. The highest BCUT2D eigenvalue weighted by Crippen LogP contribution is 2.28. The molecule has 0 bridgehead atoms. The molecule has 1 atom stereocenters. The fourth-order valence-corrected chi connectivity index (χ4v) is 4.59. The van der Waals surface area contributed by atoms with E-state index in [-0.39, 0.29) is 23.8 Å². The molecular formula is C29H44N2O3. The van der Waals surface area contributed by atoms with Crippen molar-refractivity contribution in [2.75, 3.05) is 4.90 Å². The summed E-state index contributed by atoms with van der Waals surface area (Å²) in [5, 5.41) is 0. The predicted octanol–water partition coefficient (Wildman–Crippen LogP) is 7.09. The maximum atomic E-state index is 12.7. The summed E-state index contributed by atoms with van der Waals surface area (Å²) < 4.78 is 0. The first kappa shape index (κ1) is 27.8. The van der Waals surface area contributed by atoms with E-state index in [0.717, 1.165) is 12.8 Å². The van der Waals surface area contributed by atoms with Gasteiger partial charge in [0.2, 0.25) is 17.7 Å². The first-order valence-corrected chi connectivity index (χ1v) is 13.5. The lowest BCUT2D eigenvalue weighted by molar-refractivity contribution is -0.121. The van der Waals surface area contributed by atoms with Crippen LogP contribution < -0.4 is 10.6 Å². The fourth-order valence-electron chi connectivity index (χ4n) is 4.59. The van der Waals surface area contributed by atoms with Crippen molar-refractivity contribution in [1.82, 2.24) is 0 Å². The molecule has 1 saturated heterocycles. The summed E-state index contributed by atoms with van der Waals surface area (Å²) in [4.78, 5) is 37.7. The number of imide groups is 1. The zero-order valence-electron chi connectivity index (χ0n) is 21.1. The number of rotatable bonds is 18. The number of allylic oxidation sites excluding steroid dienone is 1. The van der Waals surface area contributed by atoms with E-state index in [2.05, 4.69) is 6.92 Å². The number of carbonyl (C=O) groups is 3. The van der Waals surface area contributed by atoms with E-state index in [0.29, 0.717) is 5.69 Å². The molecule has 2 rings (SSSR count). The topological polar surface area (TPSA) is 80.5 Å². The van der Waals surface area contributed by atoms with Crippen molar-refractivity contribution < 1.29 is 14.4 Å². The minimum Gasteiger partial charge on any atom is -0.366 e. The Hall–Kier alpha value is -2.43. The molecular weight excluding hydrogens is 424 g/mol. The molecule has 5 heteroatoms. The average molecular weight is 469 g/mol. The molecule has 2 N–H and O–H groups in total. The summed E-state index contributed by atoms with van der Waals surface area (Å²) in [6.07, 6.45) is 23.8. The molecule has 3 amide bonds. The third kappa shape index (κ3) is 9.82. The molecule has 0 aromatic heterocycles. The second-order valence-corrected chi connectivity index (χ2v) is 9.61. The molecule has 0 aliphatic carbocycles.